The first kappa shape index (κ1) is 17.2. The van der Waals surface area contributed by atoms with Gasteiger partial charge in [-0.15, -0.1) is 0 Å². The van der Waals surface area contributed by atoms with E-state index in [2.05, 4.69) is 107 Å². The lowest BCUT2D eigenvalue weighted by atomic mass is 9.79. The molecule has 4 heteroatoms. The van der Waals surface area contributed by atoms with Crippen molar-refractivity contribution in [1.82, 2.24) is 0 Å². The summed E-state index contributed by atoms with van der Waals surface area (Å²) in [5, 5.41) is 0. The smallest absolute Gasteiger partial charge is 0.209 e. The highest BCUT2D eigenvalue weighted by molar-refractivity contribution is 14.1. The molecule has 1 aliphatic rings. The lowest BCUT2D eigenvalue weighted by Crippen LogP contribution is -2.37. The molecule has 0 amide bonds. The number of alkyl halides is 2. The van der Waals surface area contributed by atoms with Gasteiger partial charge in [-0.25, -0.2) is 4.58 Å². The van der Waals surface area contributed by atoms with E-state index in [9.17, 15) is 0 Å². The number of para-hydroxylation sites is 1. The first-order chi connectivity index (χ1) is 10.8. The molecule has 2 nitrogen and oxygen atoms in total. The number of anilines is 1. The summed E-state index contributed by atoms with van der Waals surface area (Å²) in [6, 6.07) is 17.0. The molecule has 0 saturated heterocycles. The van der Waals surface area contributed by atoms with Crippen LogP contribution >= 0.6 is 45.2 Å². The summed E-state index contributed by atoms with van der Waals surface area (Å²) in [5.74, 6) is 0. The van der Waals surface area contributed by atoms with Crippen molar-refractivity contribution in [2.24, 2.45) is 0 Å². The topological polar surface area (TPSA) is 29.0 Å². The summed E-state index contributed by atoms with van der Waals surface area (Å²) in [4.78, 5) is 0. The summed E-state index contributed by atoms with van der Waals surface area (Å²) in [7, 11) is 2.20. The second-order valence-corrected chi connectivity index (χ2v) is 9.24. The van der Waals surface area contributed by atoms with E-state index >= 15 is 0 Å². The Balaban J connectivity index is 2.01. The highest BCUT2D eigenvalue weighted by Gasteiger charge is 2.48. The van der Waals surface area contributed by atoms with Gasteiger partial charge in [-0.2, -0.15) is 0 Å². The molecule has 2 aromatic rings. The number of hydrogen-bond acceptors (Lipinski definition) is 1. The van der Waals surface area contributed by atoms with Crippen LogP contribution in [0.25, 0.3) is 0 Å². The van der Waals surface area contributed by atoms with Crippen molar-refractivity contribution in [3.63, 3.8) is 0 Å². The van der Waals surface area contributed by atoms with Gasteiger partial charge in [0.2, 0.25) is 5.69 Å². The minimum atomic E-state index is 0.0500. The van der Waals surface area contributed by atoms with Gasteiger partial charge in [0.1, 0.15) is 11.0 Å². The highest BCUT2D eigenvalue weighted by Crippen LogP contribution is 2.45. The summed E-state index contributed by atoms with van der Waals surface area (Å²) in [6.07, 6.45) is 0. The molecule has 2 N–H and O–H groups in total. The van der Waals surface area contributed by atoms with Crippen LogP contribution in [-0.4, -0.2) is 21.3 Å². The van der Waals surface area contributed by atoms with Gasteiger partial charge in [-0.1, -0.05) is 75.5 Å². The van der Waals surface area contributed by atoms with E-state index in [-0.39, 0.29) is 5.41 Å². The Bertz CT molecular complexity index is 763. The highest BCUT2D eigenvalue weighted by atomic mass is 127. The number of benzene rings is 2. The van der Waals surface area contributed by atoms with E-state index in [0.717, 1.165) is 5.69 Å². The van der Waals surface area contributed by atoms with Gasteiger partial charge in [0.15, 0.2) is 5.71 Å². The third-order valence-corrected chi connectivity index (χ3v) is 8.84. The molecule has 2 atom stereocenters. The van der Waals surface area contributed by atoms with Crippen LogP contribution in [0.2, 0.25) is 0 Å². The van der Waals surface area contributed by atoms with Crippen LogP contribution in [-0.2, 0) is 5.41 Å². The Morgan fingerprint density at radius 3 is 2.17 bits per heavy atom. The van der Waals surface area contributed by atoms with Crippen molar-refractivity contribution in [2.45, 2.75) is 27.1 Å². The molecule has 1 heterocycles. The zero-order valence-electron chi connectivity index (χ0n) is 13.6. The van der Waals surface area contributed by atoms with Crippen LogP contribution in [0.4, 0.5) is 11.4 Å². The molecule has 0 aliphatic carbocycles. The van der Waals surface area contributed by atoms with Crippen molar-refractivity contribution in [3.8, 4) is 0 Å². The molecule has 1 aliphatic heterocycles. The number of nitrogens with two attached hydrogens (primary N) is 1. The van der Waals surface area contributed by atoms with Crippen molar-refractivity contribution < 1.29 is 4.58 Å². The molecular formula is C19H21I2N2+. The second-order valence-electron chi connectivity index (χ2n) is 6.56. The average molecular weight is 531 g/mol. The summed E-state index contributed by atoms with van der Waals surface area (Å²) in [6.45, 7) is 4.67. The van der Waals surface area contributed by atoms with E-state index < -0.39 is 0 Å². The van der Waals surface area contributed by atoms with Gasteiger partial charge in [-0.05, 0) is 31.5 Å². The molecule has 0 radical (unpaired) electrons. The Morgan fingerprint density at radius 2 is 1.57 bits per heavy atom. The standard InChI is InChI=1S/C19H21I2N2/c1-19(2)14-6-4-5-7-15(14)23(3)18(19)17(21)16(20)12-8-10-13(22)11-9-12/h4-11,16-17H,22H2,1-3H3/q+1/t16-,17-/m0/s1. The van der Waals surface area contributed by atoms with Gasteiger partial charge >= 0.3 is 0 Å². The fourth-order valence-corrected chi connectivity index (χ4v) is 5.87. The summed E-state index contributed by atoms with van der Waals surface area (Å²) >= 11 is 5.17. The van der Waals surface area contributed by atoms with Crippen molar-refractivity contribution in [3.05, 3.63) is 59.7 Å². The third kappa shape index (κ3) is 2.92. The number of halogens is 2. The number of hydrogen-bond donors (Lipinski definition) is 1. The Morgan fingerprint density at radius 1 is 0.957 bits per heavy atom. The monoisotopic (exact) mass is 531 g/mol. The lowest BCUT2D eigenvalue weighted by Gasteiger charge is -2.24. The zero-order valence-corrected chi connectivity index (χ0v) is 17.9. The van der Waals surface area contributed by atoms with Gasteiger partial charge in [0.25, 0.3) is 0 Å². The van der Waals surface area contributed by atoms with E-state index in [4.69, 9.17) is 5.73 Å². The molecule has 0 bridgehead atoms. The average Bonchev–Trinajstić information content (AvgIpc) is 2.74. The Hall–Kier alpha value is -0.630. The number of rotatable bonds is 3. The SMILES string of the molecule is C[N+]1=C([C@@H](I)[C@@H](I)c2ccc(N)cc2)C(C)(C)c2ccccc21. The van der Waals surface area contributed by atoms with Gasteiger partial charge < -0.3 is 5.73 Å². The lowest BCUT2D eigenvalue weighted by molar-refractivity contribution is -0.403. The minimum absolute atomic E-state index is 0.0500. The molecular weight excluding hydrogens is 510 g/mol. The molecule has 0 spiro atoms. The maximum Gasteiger partial charge on any atom is 0.209 e. The second kappa shape index (κ2) is 6.35. The van der Waals surface area contributed by atoms with E-state index in [1.807, 2.05) is 12.1 Å². The van der Waals surface area contributed by atoms with Gasteiger partial charge in [-0.3, -0.25) is 0 Å². The van der Waals surface area contributed by atoms with Crippen LogP contribution in [0.15, 0.2) is 48.5 Å². The van der Waals surface area contributed by atoms with E-state index in [0.29, 0.717) is 7.85 Å². The van der Waals surface area contributed by atoms with Crippen molar-refractivity contribution >= 4 is 62.3 Å². The van der Waals surface area contributed by atoms with Crippen molar-refractivity contribution in [1.29, 1.82) is 0 Å². The van der Waals surface area contributed by atoms with Gasteiger partial charge in [0.05, 0.1) is 9.34 Å². The minimum Gasteiger partial charge on any atom is -0.399 e. The fraction of sp³-hybridized carbons (Fsp3) is 0.316. The molecule has 2 aromatic carbocycles. The normalized spacial score (nSPS) is 18.7. The number of nitrogen functional groups attached to an aromatic ring is 1. The Labute approximate surface area is 165 Å². The molecule has 0 aromatic heterocycles. The first-order valence-electron chi connectivity index (χ1n) is 7.68. The zero-order chi connectivity index (χ0) is 16.8. The van der Waals surface area contributed by atoms with Crippen LogP contribution in [0.5, 0.6) is 0 Å². The van der Waals surface area contributed by atoms with Crippen LogP contribution < -0.4 is 5.73 Å². The predicted octanol–water partition coefficient (Wildman–Crippen LogP) is 5.25. The summed E-state index contributed by atoms with van der Waals surface area (Å²) < 4.78 is 3.19. The number of nitrogens with zero attached hydrogens (tertiary/aromatic N) is 1. The van der Waals surface area contributed by atoms with Crippen LogP contribution in [0.1, 0.15) is 28.9 Å². The van der Waals surface area contributed by atoms with Crippen LogP contribution in [0, 0.1) is 0 Å². The quantitative estimate of drug-likeness (QED) is 0.249. The fourth-order valence-electron chi connectivity index (χ4n) is 3.50. The largest absolute Gasteiger partial charge is 0.399 e. The third-order valence-electron chi connectivity index (χ3n) is 4.71. The maximum atomic E-state index is 5.83. The predicted molar refractivity (Wildman–Crippen MR) is 116 cm³/mol. The molecule has 0 unspecified atom stereocenters. The molecule has 0 saturated carbocycles. The van der Waals surface area contributed by atoms with Crippen molar-refractivity contribution in [2.75, 3.05) is 12.8 Å². The van der Waals surface area contributed by atoms with Gasteiger partial charge in [0, 0.05) is 17.3 Å². The maximum absolute atomic E-state index is 5.83. The molecule has 3 rings (SSSR count). The number of fused-ring (bicyclic) bond motifs is 1. The summed E-state index contributed by atoms with van der Waals surface area (Å²) in [5.41, 5.74) is 12.2. The molecule has 23 heavy (non-hydrogen) atoms. The Kier molecular flexibility index (Phi) is 4.75. The molecule has 120 valence electrons. The van der Waals surface area contributed by atoms with E-state index in [1.165, 1.54) is 22.5 Å². The first-order valence-corrected chi connectivity index (χ1v) is 10.2. The molecule has 0 fully saturated rings. The van der Waals surface area contributed by atoms with Crippen LogP contribution in [0.3, 0.4) is 0 Å². The van der Waals surface area contributed by atoms with E-state index in [1.54, 1.807) is 0 Å².